The molecule has 3 aliphatic rings. The van der Waals surface area contributed by atoms with E-state index in [2.05, 4.69) is 85.9 Å². The third-order valence-corrected chi connectivity index (χ3v) is 7.98. The van der Waals surface area contributed by atoms with E-state index in [1.807, 2.05) is 55.4 Å². The first-order valence-corrected chi connectivity index (χ1v) is 16.2. The lowest BCUT2D eigenvalue weighted by molar-refractivity contribution is 0.104. The molecular weight excluding hydrogens is 484 g/mol. The summed E-state index contributed by atoms with van der Waals surface area (Å²) in [5, 5.41) is 0. The molecule has 0 bridgehead atoms. The first kappa shape index (κ1) is 39.7. The first-order valence-electron chi connectivity index (χ1n) is 16.2. The quantitative estimate of drug-likeness (QED) is 0.196. The molecule has 1 aromatic rings. The Morgan fingerprint density at radius 3 is 1.77 bits per heavy atom. The largest absolute Gasteiger partial charge is 0.289 e. The van der Waals surface area contributed by atoms with Crippen LogP contribution in [0.4, 0.5) is 0 Å². The van der Waals surface area contributed by atoms with Crippen molar-refractivity contribution in [3.05, 3.63) is 93.6 Å². The fraction of sp³-hybridized carbons (Fsp3) is 0.564. The Morgan fingerprint density at radius 2 is 1.35 bits per heavy atom. The lowest BCUT2D eigenvalue weighted by atomic mass is 9.93. The van der Waals surface area contributed by atoms with Crippen molar-refractivity contribution < 1.29 is 4.79 Å². The van der Waals surface area contributed by atoms with Gasteiger partial charge < -0.3 is 0 Å². The van der Waals surface area contributed by atoms with Gasteiger partial charge >= 0.3 is 0 Å². The summed E-state index contributed by atoms with van der Waals surface area (Å²) in [6.45, 7) is 37.7. The summed E-state index contributed by atoms with van der Waals surface area (Å²) in [5.41, 5.74) is 11.9. The number of rotatable bonds is 6. The summed E-state index contributed by atoms with van der Waals surface area (Å²) in [5.74, 6) is 2.67. The molecule has 1 nitrogen and oxygen atoms in total. The van der Waals surface area contributed by atoms with Crippen LogP contribution >= 0.6 is 0 Å². The maximum Gasteiger partial charge on any atom is 0.186 e. The van der Waals surface area contributed by atoms with Crippen molar-refractivity contribution in [1.29, 1.82) is 0 Å². The Bertz CT molecular complexity index is 1030. The SMILES string of the molecule is C=C.CC.CC.CC.CC.CCC(=C1CC1)C1=C(C)C(C)C(/C=C/C(=O)c2cc(C)c(C3C(C)C3C)cc2C)=C1. The van der Waals surface area contributed by atoms with E-state index in [0.717, 1.165) is 29.4 Å². The van der Waals surface area contributed by atoms with E-state index >= 15 is 0 Å². The second-order valence-corrected chi connectivity index (χ2v) is 9.86. The van der Waals surface area contributed by atoms with Gasteiger partial charge in [0.05, 0.1) is 0 Å². The highest BCUT2D eigenvalue weighted by Gasteiger charge is 2.44. The smallest absolute Gasteiger partial charge is 0.186 e. The number of allylic oxidation sites excluding steroid dienone is 8. The highest BCUT2D eigenvalue weighted by molar-refractivity contribution is 6.06. The average molecular weight is 549 g/mol. The minimum Gasteiger partial charge on any atom is -0.289 e. The molecule has 1 heteroatoms. The molecule has 0 aromatic heterocycles. The average Bonchev–Trinajstić information content (AvgIpc) is 3.92. The predicted octanol–water partition coefficient (Wildman–Crippen LogP) is 12.7. The Hall–Kier alpha value is -2.41. The van der Waals surface area contributed by atoms with Gasteiger partial charge in [0.2, 0.25) is 0 Å². The number of ketones is 1. The van der Waals surface area contributed by atoms with Crippen LogP contribution in [0.3, 0.4) is 0 Å². The molecule has 0 amide bonds. The van der Waals surface area contributed by atoms with E-state index in [0.29, 0.717) is 11.8 Å². The molecule has 1 aromatic carbocycles. The van der Waals surface area contributed by atoms with Gasteiger partial charge in [-0.25, -0.2) is 0 Å². The topological polar surface area (TPSA) is 17.1 Å². The van der Waals surface area contributed by atoms with E-state index in [-0.39, 0.29) is 5.78 Å². The van der Waals surface area contributed by atoms with Crippen LogP contribution in [0.15, 0.2) is 71.4 Å². The van der Waals surface area contributed by atoms with Gasteiger partial charge in [0.25, 0.3) is 0 Å². The second-order valence-electron chi connectivity index (χ2n) is 9.86. The van der Waals surface area contributed by atoms with E-state index in [1.165, 1.54) is 40.7 Å². The number of hydrogen-bond donors (Lipinski definition) is 0. The summed E-state index contributed by atoms with van der Waals surface area (Å²) in [6, 6.07) is 4.38. The van der Waals surface area contributed by atoms with E-state index in [4.69, 9.17) is 0 Å². The normalized spacial score (nSPS) is 21.5. The minimum atomic E-state index is 0.120. The molecule has 3 atom stereocenters. The summed E-state index contributed by atoms with van der Waals surface area (Å²) >= 11 is 0. The maximum absolute atomic E-state index is 13.0. The molecule has 0 aliphatic heterocycles. The number of aryl methyl sites for hydroxylation is 2. The van der Waals surface area contributed by atoms with Gasteiger partial charge in [0.1, 0.15) is 0 Å². The molecule has 0 saturated heterocycles. The molecule has 0 radical (unpaired) electrons. The van der Waals surface area contributed by atoms with Crippen LogP contribution < -0.4 is 0 Å². The molecule has 0 heterocycles. The van der Waals surface area contributed by atoms with Crippen LogP contribution in [0, 0.1) is 31.6 Å². The molecule has 4 rings (SSSR count). The third kappa shape index (κ3) is 9.90. The number of carbonyl (C=O) groups is 1. The van der Waals surface area contributed by atoms with Crippen LogP contribution in [-0.2, 0) is 0 Å². The van der Waals surface area contributed by atoms with Crippen LogP contribution in [0.5, 0.6) is 0 Å². The standard InChI is InChI=1S/C29H36O.4C2H6.C2H4/c1-8-24(22-9-10-22)27-15-23(18(4)19(27)5)11-12-28(30)25-13-17(3)26(14-16(25)2)29-20(6)21(29)7;5*1-2/h11-15,18,20-21,29H,8-10H2,1-7H3;4*1-2H3;1-2H2/b12-11+;;;;;. The van der Waals surface area contributed by atoms with Crippen molar-refractivity contribution in [2.45, 2.75) is 129 Å². The molecule has 0 spiro atoms. The lowest BCUT2D eigenvalue weighted by Crippen LogP contribution is -2.02. The molecule has 0 N–H and O–H groups in total. The Balaban J connectivity index is 0. The zero-order valence-corrected chi connectivity index (χ0v) is 29.1. The zero-order chi connectivity index (χ0) is 31.7. The molecular formula is C39H64O. The monoisotopic (exact) mass is 548 g/mol. The fourth-order valence-electron chi connectivity index (χ4n) is 5.36. The molecule has 2 saturated carbocycles. The molecule has 226 valence electrons. The van der Waals surface area contributed by atoms with Gasteiger partial charge in [-0.1, -0.05) is 112 Å². The van der Waals surface area contributed by atoms with Gasteiger partial charge in [-0.15, -0.1) is 13.2 Å². The number of hydrogen-bond acceptors (Lipinski definition) is 1. The predicted molar refractivity (Wildman–Crippen MR) is 184 cm³/mol. The van der Waals surface area contributed by atoms with Crippen LogP contribution in [0.1, 0.15) is 142 Å². The van der Waals surface area contributed by atoms with Crippen molar-refractivity contribution in [1.82, 2.24) is 0 Å². The van der Waals surface area contributed by atoms with Crippen molar-refractivity contribution in [2.24, 2.45) is 17.8 Å². The van der Waals surface area contributed by atoms with Gasteiger partial charge in [0.15, 0.2) is 5.78 Å². The molecule has 3 unspecified atom stereocenters. The number of benzene rings is 1. The summed E-state index contributed by atoms with van der Waals surface area (Å²) in [4.78, 5) is 13.0. The van der Waals surface area contributed by atoms with Crippen LogP contribution in [0.2, 0.25) is 0 Å². The molecule has 3 aliphatic carbocycles. The van der Waals surface area contributed by atoms with E-state index < -0.39 is 0 Å². The second kappa shape index (κ2) is 20.5. The van der Waals surface area contributed by atoms with Crippen molar-refractivity contribution >= 4 is 5.78 Å². The summed E-state index contributed by atoms with van der Waals surface area (Å²) in [7, 11) is 0. The Kier molecular flexibility index (Phi) is 20.3. The van der Waals surface area contributed by atoms with Crippen LogP contribution in [0.25, 0.3) is 0 Å². The maximum atomic E-state index is 13.0. The Morgan fingerprint density at radius 1 is 0.850 bits per heavy atom. The Labute approximate surface area is 250 Å². The van der Waals surface area contributed by atoms with E-state index in [1.54, 1.807) is 17.2 Å². The third-order valence-electron chi connectivity index (χ3n) is 7.98. The summed E-state index contributed by atoms with van der Waals surface area (Å²) < 4.78 is 0. The van der Waals surface area contributed by atoms with Gasteiger partial charge in [-0.3, -0.25) is 4.79 Å². The van der Waals surface area contributed by atoms with Gasteiger partial charge in [0, 0.05) is 11.5 Å². The summed E-state index contributed by atoms with van der Waals surface area (Å²) in [6.07, 6.45) is 9.80. The highest BCUT2D eigenvalue weighted by Crippen LogP contribution is 2.54. The van der Waals surface area contributed by atoms with E-state index in [9.17, 15) is 4.79 Å². The van der Waals surface area contributed by atoms with Crippen molar-refractivity contribution in [3.8, 4) is 0 Å². The van der Waals surface area contributed by atoms with Crippen LogP contribution in [-0.4, -0.2) is 5.78 Å². The lowest BCUT2D eigenvalue weighted by Gasteiger charge is -2.11. The van der Waals surface area contributed by atoms with Gasteiger partial charge in [-0.2, -0.15) is 0 Å². The first-order chi connectivity index (χ1) is 19.2. The molecule has 2 fully saturated rings. The molecule has 40 heavy (non-hydrogen) atoms. The minimum absolute atomic E-state index is 0.120. The van der Waals surface area contributed by atoms with Crippen molar-refractivity contribution in [3.63, 3.8) is 0 Å². The highest BCUT2D eigenvalue weighted by atomic mass is 16.1. The van der Waals surface area contributed by atoms with Gasteiger partial charge in [-0.05, 0) is 103 Å². The zero-order valence-electron chi connectivity index (χ0n) is 29.1. The fourth-order valence-corrected chi connectivity index (χ4v) is 5.36. The van der Waals surface area contributed by atoms with Crippen molar-refractivity contribution in [2.75, 3.05) is 0 Å². The number of carbonyl (C=O) groups excluding carboxylic acids is 1.